The molecule has 1 amide bonds. The van der Waals surface area contributed by atoms with E-state index in [9.17, 15) is 4.79 Å². The second kappa shape index (κ2) is 17.1. The van der Waals surface area contributed by atoms with Gasteiger partial charge >= 0.3 is 23.9 Å². The number of rotatable bonds is 9. The number of benzene rings is 1. The summed E-state index contributed by atoms with van der Waals surface area (Å²) in [6, 6.07) is 11.7. The predicted molar refractivity (Wildman–Crippen MR) is 137 cm³/mol. The number of hydrogen-bond acceptors (Lipinski definition) is 9. The van der Waals surface area contributed by atoms with Crippen LogP contribution in [0.5, 0.6) is 5.75 Å². The molecule has 0 spiro atoms. The first-order valence-electron chi connectivity index (χ1n) is 11.8. The molecule has 0 radical (unpaired) electrons. The number of nitrogens with one attached hydrogen (secondary N) is 2. The van der Waals surface area contributed by atoms with Gasteiger partial charge in [-0.3, -0.25) is 9.69 Å². The molecule has 2 aromatic rings. The number of carboxylic acid groups (broad SMARTS) is 4. The quantitative estimate of drug-likeness (QED) is 0.245. The number of hydrogen-bond donors (Lipinski definition) is 6. The summed E-state index contributed by atoms with van der Waals surface area (Å²) in [4.78, 5) is 51.2. The number of para-hydroxylation sites is 2. The van der Waals surface area contributed by atoms with Gasteiger partial charge in [0.1, 0.15) is 11.5 Å². The summed E-state index contributed by atoms with van der Waals surface area (Å²) in [7, 11) is 1.60. The normalized spacial score (nSPS) is 13.9. The Morgan fingerprint density at radius 1 is 0.923 bits per heavy atom. The van der Waals surface area contributed by atoms with Crippen molar-refractivity contribution in [3.8, 4) is 5.75 Å². The maximum atomic E-state index is 12.4. The van der Waals surface area contributed by atoms with Crippen molar-refractivity contribution in [2.24, 2.45) is 0 Å². The van der Waals surface area contributed by atoms with Crippen molar-refractivity contribution in [3.63, 3.8) is 0 Å². The molecular weight excluding hydrogens is 518 g/mol. The summed E-state index contributed by atoms with van der Waals surface area (Å²) in [6.07, 6.45) is 4.58. The Balaban J connectivity index is 0.000000530. The fourth-order valence-corrected chi connectivity index (χ4v) is 3.56. The lowest BCUT2D eigenvalue weighted by Crippen LogP contribution is -2.39. The summed E-state index contributed by atoms with van der Waals surface area (Å²) >= 11 is 0. The van der Waals surface area contributed by atoms with Crippen LogP contribution in [0, 0.1) is 0 Å². The smallest absolute Gasteiger partial charge is 0.414 e. The molecule has 1 aliphatic rings. The van der Waals surface area contributed by atoms with E-state index in [4.69, 9.17) is 48.8 Å². The summed E-state index contributed by atoms with van der Waals surface area (Å²) in [6.45, 7) is 4.98. The van der Waals surface area contributed by atoms with Gasteiger partial charge in [0.05, 0.1) is 25.1 Å². The first kappa shape index (κ1) is 32.6. The molecule has 214 valence electrons. The molecule has 6 N–H and O–H groups in total. The first-order valence-corrected chi connectivity index (χ1v) is 11.8. The minimum Gasteiger partial charge on any atom is -0.495 e. The van der Waals surface area contributed by atoms with Crippen LogP contribution in [0.2, 0.25) is 0 Å². The van der Waals surface area contributed by atoms with E-state index in [1.807, 2.05) is 43.3 Å². The van der Waals surface area contributed by atoms with Crippen LogP contribution in [0.15, 0.2) is 47.1 Å². The molecule has 2 heterocycles. The van der Waals surface area contributed by atoms with Crippen molar-refractivity contribution in [1.29, 1.82) is 0 Å². The average molecular weight is 552 g/mol. The summed E-state index contributed by atoms with van der Waals surface area (Å²) in [5, 5.41) is 36.0. The molecule has 0 saturated carbocycles. The molecular formula is C25H33N3O11. The first-order chi connectivity index (χ1) is 18.5. The van der Waals surface area contributed by atoms with Gasteiger partial charge in [0.25, 0.3) is 0 Å². The molecule has 1 aromatic carbocycles. The number of anilines is 1. The SMILES string of the molecule is COc1ccccc1NC(=O)CC(C)NCC(c1ccco1)N1CCCC1.O=C(O)C(=O)O.O=C(O)C(=O)O. The van der Waals surface area contributed by atoms with Crippen LogP contribution in [-0.2, 0) is 24.0 Å². The number of furan rings is 1. The Hall–Kier alpha value is -4.43. The van der Waals surface area contributed by atoms with Gasteiger partial charge in [-0.2, -0.15) is 0 Å². The summed E-state index contributed by atoms with van der Waals surface area (Å²) in [5.74, 6) is -5.68. The van der Waals surface area contributed by atoms with Crippen molar-refractivity contribution < 1.29 is 53.6 Å². The lowest BCUT2D eigenvalue weighted by atomic mass is 10.1. The van der Waals surface area contributed by atoms with Crippen molar-refractivity contribution >= 4 is 35.5 Å². The topological polar surface area (TPSA) is 216 Å². The second-order valence-corrected chi connectivity index (χ2v) is 8.26. The Kier molecular flexibility index (Phi) is 14.3. The highest BCUT2D eigenvalue weighted by Gasteiger charge is 2.26. The van der Waals surface area contributed by atoms with E-state index >= 15 is 0 Å². The maximum Gasteiger partial charge on any atom is 0.414 e. The third-order valence-corrected chi connectivity index (χ3v) is 5.35. The van der Waals surface area contributed by atoms with Gasteiger partial charge in [0.2, 0.25) is 5.91 Å². The molecule has 14 nitrogen and oxygen atoms in total. The monoisotopic (exact) mass is 551 g/mol. The Bertz CT molecular complexity index is 1030. The van der Waals surface area contributed by atoms with Gasteiger partial charge in [-0.1, -0.05) is 12.1 Å². The standard InChI is InChI=1S/C21H29N3O3.2C2H2O4/c1-16(14-21(25)23-17-8-3-4-9-19(17)26-2)22-15-18(20-10-7-13-27-20)24-11-5-6-12-24;2*3-1(4)2(5)6/h3-4,7-10,13,16,18,22H,5-6,11-12,14-15H2,1-2H3,(H,23,25);2*(H,3,4)(H,5,6). The zero-order valence-electron chi connectivity index (χ0n) is 21.5. The molecule has 1 aromatic heterocycles. The number of methoxy groups -OCH3 is 1. The molecule has 1 saturated heterocycles. The van der Waals surface area contributed by atoms with E-state index in [0.29, 0.717) is 17.9 Å². The average Bonchev–Trinajstić information content (AvgIpc) is 3.60. The largest absolute Gasteiger partial charge is 0.495 e. The fourth-order valence-electron chi connectivity index (χ4n) is 3.56. The van der Waals surface area contributed by atoms with Crippen molar-refractivity contribution in [2.45, 2.75) is 38.3 Å². The zero-order chi connectivity index (χ0) is 29.4. The molecule has 0 bridgehead atoms. The van der Waals surface area contributed by atoms with E-state index in [2.05, 4.69) is 15.5 Å². The van der Waals surface area contributed by atoms with Gasteiger partial charge < -0.3 is 40.2 Å². The van der Waals surface area contributed by atoms with E-state index in [1.54, 1.807) is 13.4 Å². The minimum atomic E-state index is -1.82. The Morgan fingerprint density at radius 2 is 1.49 bits per heavy atom. The van der Waals surface area contributed by atoms with Crippen LogP contribution in [0.4, 0.5) is 5.69 Å². The highest BCUT2D eigenvalue weighted by molar-refractivity contribution is 6.27. The molecule has 1 aliphatic heterocycles. The Morgan fingerprint density at radius 3 is 1.97 bits per heavy atom. The number of nitrogens with zero attached hydrogens (tertiary/aromatic N) is 1. The van der Waals surface area contributed by atoms with E-state index in [-0.39, 0.29) is 18.0 Å². The fraction of sp³-hybridized carbons (Fsp3) is 0.400. The van der Waals surface area contributed by atoms with Crippen LogP contribution in [-0.4, -0.2) is 87.9 Å². The third-order valence-electron chi connectivity index (χ3n) is 5.35. The third kappa shape index (κ3) is 12.6. The second-order valence-electron chi connectivity index (χ2n) is 8.26. The van der Waals surface area contributed by atoms with Gasteiger partial charge in [-0.25, -0.2) is 19.2 Å². The summed E-state index contributed by atoms with van der Waals surface area (Å²) < 4.78 is 10.9. The molecule has 3 rings (SSSR count). The van der Waals surface area contributed by atoms with Gasteiger partial charge in [0.15, 0.2) is 0 Å². The number of carbonyl (C=O) groups excluding carboxylic acids is 1. The van der Waals surface area contributed by atoms with Crippen molar-refractivity contribution in [2.75, 3.05) is 32.1 Å². The molecule has 1 fully saturated rings. The number of likely N-dealkylation sites (tertiary alicyclic amines) is 1. The van der Waals surface area contributed by atoms with Crippen LogP contribution in [0.25, 0.3) is 0 Å². The van der Waals surface area contributed by atoms with E-state index in [1.165, 1.54) is 12.8 Å². The predicted octanol–water partition coefficient (Wildman–Crippen LogP) is 1.74. The number of aliphatic carboxylic acids is 4. The van der Waals surface area contributed by atoms with Crippen LogP contribution >= 0.6 is 0 Å². The van der Waals surface area contributed by atoms with Gasteiger partial charge in [-0.15, -0.1) is 0 Å². The molecule has 0 aliphatic carbocycles. The molecule has 39 heavy (non-hydrogen) atoms. The van der Waals surface area contributed by atoms with Crippen molar-refractivity contribution in [3.05, 3.63) is 48.4 Å². The van der Waals surface area contributed by atoms with Gasteiger partial charge in [0, 0.05) is 19.0 Å². The highest BCUT2D eigenvalue weighted by atomic mass is 16.5. The van der Waals surface area contributed by atoms with Gasteiger partial charge in [-0.05, 0) is 57.1 Å². The molecule has 2 unspecified atom stereocenters. The molecule has 2 atom stereocenters. The Labute approximate surface area is 224 Å². The van der Waals surface area contributed by atoms with E-state index in [0.717, 1.165) is 25.4 Å². The van der Waals surface area contributed by atoms with E-state index < -0.39 is 23.9 Å². The minimum absolute atomic E-state index is 0.0322. The summed E-state index contributed by atoms with van der Waals surface area (Å²) in [5.41, 5.74) is 0.697. The lowest BCUT2D eigenvalue weighted by molar-refractivity contribution is -0.159. The number of ether oxygens (including phenoxy) is 1. The number of carboxylic acids is 4. The van der Waals surface area contributed by atoms with Crippen molar-refractivity contribution in [1.82, 2.24) is 10.2 Å². The highest BCUT2D eigenvalue weighted by Crippen LogP contribution is 2.25. The number of amides is 1. The maximum absolute atomic E-state index is 12.4. The van der Waals surface area contributed by atoms with Crippen LogP contribution in [0.3, 0.4) is 0 Å². The number of carbonyl (C=O) groups is 5. The molecule has 14 heteroatoms. The van der Waals surface area contributed by atoms with Crippen LogP contribution < -0.4 is 15.4 Å². The lowest BCUT2D eigenvalue weighted by Gasteiger charge is -2.27. The van der Waals surface area contributed by atoms with Crippen LogP contribution in [0.1, 0.15) is 38.0 Å². The zero-order valence-corrected chi connectivity index (χ0v) is 21.5.